The van der Waals surface area contributed by atoms with E-state index in [9.17, 15) is 4.79 Å². The van der Waals surface area contributed by atoms with Crippen LogP contribution in [0.2, 0.25) is 0 Å². The molecule has 0 atom stereocenters. The third-order valence-electron chi connectivity index (χ3n) is 3.97. The molecule has 0 aliphatic carbocycles. The van der Waals surface area contributed by atoms with Crippen molar-refractivity contribution in [3.8, 4) is 10.6 Å². The van der Waals surface area contributed by atoms with Crippen molar-refractivity contribution >= 4 is 17.2 Å². The van der Waals surface area contributed by atoms with Crippen LogP contribution in [-0.2, 0) is 4.74 Å². The van der Waals surface area contributed by atoms with E-state index < -0.39 is 0 Å². The molecule has 6 nitrogen and oxygen atoms in total. The van der Waals surface area contributed by atoms with Crippen LogP contribution in [-0.4, -0.2) is 60.2 Å². The van der Waals surface area contributed by atoms with Gasteiger partial charge in [0.15, 0.2) is 0 Å². The Hall–Kier alpha value is -1.83. The highest BCUT2D eigenvalue weighted by atomic mass is 32.1. The first-order valence-electron chi connectivity index (χ1n) is 8.20. The largest absolute Gasteiger partial charge is 0.379 e. The number of rotatable bonds is 6. The molecule has 1 saturated heterocycles. The molecule has 3 rings (SSSR count). The molecule has 1 fully saturated rings. The summed E-state index contributed by atoms with van der Waals surface area (Å²) in [4.78, 5) is 24.0. The zero-order valence-electron chi connectivity index (χ0n) is 13.8. The number of aryl methyl sites for hydroxylation is 1. The van der Waals surface area contributed by atoms with Gasteiger partial charge in [-0.05, 0) is 32.0 Å². The maximum atomic E-state index is 12.4. The number of carbonyl (C=O) groups excluding carboxylic acids is 1. The van der Waals surface area contributed by atoms with Gasteiger partial charge < -0.3 is 10.1 Å². The Morgan fingerprint density at radius 2 is 2.08 bits per heavy atom. The molecule has 2 aromatic rings. The van der Waals surface area contributed by atoms with E-state index in [-0.39, 0.29) is 5.91 Å². The zero-order chi connectivity index (χ0) is 16.8. The Kier molecular flexibility index (Phi) is 5.90. The fraction of sp³-hybridized carbons (Fsp3) is 0.471. The van der Waals surface area contributed by atoms with Gasteiger partial charge in [-0.15, -0.1) is 11.3 Å². The van der Waals surface area contributed by atoms with Crippen LogP contribution in [0.5, 0.6) is 0 Å². The van der Waals surface area contributed by atoms with E-state index in [1.54, 1.807) is 12.4 Å². The van der Waals surface area contributed by atoms with Crippen LogP contribution in [0.3, 0.4) is 0 Å². The molecule has 2 aromatic heterocycles. The van der Waals surface area contributed by atoms with Crippen LogP contribution < -0.4 is 5.32 Å². The molecule has 7 heteroatoms. The van der Waals surface area contributed by atoms with Crippen LogP contribution in [0, 0.1) is 6.92 Å². The SMILES string of the molecule is Cc1nc(-c2ccncc2)sc1C(=O)NCCCN1CCOCC1. The fourth-order valence-corrected chi connectivity index (χ4v) is 3.62. The van der Waals surface area contributed by atoms with Crippen molar-refractivity contribution in [2.24, 2.45) is 0 Å². The number of aromatic nitrogens is 2. The number of nitrogens with zero attached hydrogens (tertiary/aromatic N) is 3. The Balaban J connectivity index is 1.51. The summed E-state index contributed by atoms with van der Waals surface area (Å²) in [6, 6.07) is 3.81. The van der Waals surface area contributed by atoms with E-state index >= 15 is 0 Å². The van der Waals surface area contributed by atoms with Crippen molar-refractivity contribution < 1.29 is 9.53 Å². The first-order chi connectivity index (χ1) is 11.7. The van der Waals surface area contributed by atoms with Crippen molar-refractivity contribution in [3.63, 3.8) is 0 Å². The predicted molar refractivity (Wildman–Crippen MR) is 94.3 cm³/mol. The van der Waals surface area contributed by atoms with Crippen molar-refractivity contribution in [2.45, 2.75) is 13.3 Å². The van der Waals surface area contributed by atoms with Gasteiger partial charge in [0.1, 0.15) is 9.88 Å². The molecule has 0 aromatic carbocycles. The molecule has 1 N–H and O–H groups in total. The Bertz CT molecular complexity index is 668. The summed E-state index contributed by atoms with van der Waals surface area (Å²) in [7, 11) is 0. The first kappa shape index (κ1) is 17.0. The minimum Gasteiger partial charge on any atom is -0.379 e. The highest BCUT2D eigenvalue weighted by molar-refractivity contribution is 7.17. The van der Waals surface area contributed by atoms with Crippen molar-refractivity contribution in [1.29, 1.82) is 0 Å². The third-order valence-corrected chi connectivity index (χ3v) is 5.18. The summed E-state index contributed by atoms with van der Waals surface area (Å²) in [5.74, 6) is -0.0349. The van der Waals surface area contributed by atoms with Gasteiger partial charge in [0.25, 0.3) is 5.91 Å². The number of hydrogen-bond donors (Lipinski definition) is 1. The lowest BCUT2D eigenvalue weighted by Gasteiger charge is -2.26. The van der Waals surface area contributed by atoms with Crippen LogP contribution >= 0.6 is 11.3 Å². The molecule has 24 heavy (non-hydrogen) atoms. The second-order valence-electron chi connectivity index (χ2n) is 5.73. The monoisotopic (exact) mass is 346 g/mol. The topological polar surface area (TPSA) is 67.4 Å². The third kappa shape index (κ3) is 4.37. The average Bonchev–Trinajstić information content (AvgIpc) is 3.02. The molecule has 0 bridgehead atoms. The van der Waals surface area contributed by atoms with E-state index in [1.807, 2.05) is 19.1 Å². The number of thiazole rings is 1. The number of morpholine rings is 1. The number of carbonyl (C=O) groups is 1. The molecule has 0 saturated carbocycles. The molecule has 0 unspecified atom stereocenters. The van der Waals surface area contributed by atoms with Gasteiger partial charge in [-0.1, -0.05) is 0 Å². The molecule has 0 spiro atoms. The lowest BCUT2D eigenvalue weighted by molar-refractivity contribution is 0.0374. The summed E-state index contributed by atoms with van der Waals surface area (Å²) in [5, 5.41) is 3.86. The first-order valence-corrected chi connectivity index (χ1v) is 9.02. The maximum absolute atomic E-state index is 12.4. The van der Waals surface area contributed by atoms with Gasteiger partial charge in [-0.2, -0.15) is 0 Å². The summed E-state index contributed by atoms with van der Waals surface area (Å²) in [6.45, 7) is 7.14. The van der Waals surface area contributed by atoms with E-state index in [1.165, 1.54) is 11.3 Å². The Morgan fingerprint density at radius 3 is 2.83 bits per heavy atom. The molecular formula is C17H22N4O2S. The minimum atomic E-state index is -0.0349. The fourth-order valence-electron chi connectivity index (χ4n) is 2.63. The smallest absolute Gasteiger partial charge is 0.263 e. The standard InChI is InChI=1S/C17H22N4O2S/c1-13-15(24-17(20-13)14-3-6-18-7-4-14)16(22)19-5-2-8-21-9-11-23-12-10-21/h3-4,6-7H,2,5,8-12H2,1H3,(H,19,22). The molecule has 1 amide bonds. The lowest BCUT2D eigenvalue weighted by Crippen LogP contribution is -2.38. The van der Waals surface area contributed by atoms with Gasteiger partial charge in [-0.3, -0.25) is 14.7 Å². The predicted octanol–water partition coefficient (Wildman–Crippen LogP) is 1.97. The molecule has 1 aliphatic rings. The summed E-state index contributed by atoms with van der Waals surface area (Å²) in [5.41, 5.74) is 1.77. The van der Waals surface area contributed by atoms with E-state index in [2.05, 4.69) is 20.2 Å². The molecule has 3 heterocycles. The maximum Gasteiger partial charge on any atom is 0.263 e. The molecule has 128 valence electrons. The van der Waals surface area contributed by atoms with Gasteiger partial charge >= 0.3 is 0 Å². The molecule has 1 aliphatic heterocycles. The van der Waals surface area contributed by atoms with Gasteiger partial charge in [0.05, 0.1) is 18.9 Å². The Morgan fingerprint density at radius 1 is 1.33 bits per heavy atom. The summed E-state index contributed by atoms with van der Waals surface area (Å²) < 4.78 is 5.33. The van der Waals surface area contributed by atoms with Gasteiger partial charge in [0.2, 0.25) is 0 Å². The van der Waals surface area contributed by atoms with Crippen molar-refractivity contribution in [1.82, 2.24) is 20.2 Å². The number of hydrogen-bond acceptors (Lipinski definition) is 6. The minimum absolute atomic E-state index is 0.0349. The second kappa shape index (κ2) is 8.32. The molecular weight excluding hydrogens is 324 g/mol. The number of ether oxygens (including phenoxy) is 1. The van der Waals surface area contributed by atoms with Crippen molar-refractivity contribution in [3.05, 3.63) is 35.1 Å². The van der Waals surface area contributed by atoms with E-state index in [4.69, 9.17) is 4.74 Å². The van der Waals surface area contributed by atoms with Gasteiger partial charge in [-0.25, -0.2) is 4.98 Å². The average molecular weight is 346 g/mol. The highest BCUT2D eigenvalue weighted by Gasteiger charge is 2.16. The van der Waals surface area contributed by atoms with Crippen LogP contribution in [0.4, 0.5) is 0 Å². The lowest BCUT2D eigenvalue weighted by atomic mass is 10.3. The Labute approximate surface area is 145 Å². The van der Waals surface area contributed by atoms with Crippen LogP contribution in [0.15, 0.2) is 24.5 Å². The summed E-state index contributed by atoms with van der Waals surface area (Å²) >= 11 is 1.43. The normalized spacial score (nSPS) is 15.4. The quantitative estimate of drug-likeness (QED) is 0.810. The highest BCUT2D eigenvalue weighted by Crippen LogP contribution is 2.27. The van der Waals surface area contributed by atoms with E-state index in [0.717, 1.165) is 55.5 Å². The number of nitrogens with one attached hydrogen (secondary N) is 1. The second-order valence-corrected chi connectivity index (χ2v) is 6.73. The van der Waals surface area contributed by atoms with Gasteiger partial charge in [0, 0.05) is 37.6 Å². The van der Waals surface area contributed by atoms with E-state index in [0.29, 0.717) is 11.4 Å². The molecule has 0 radical (unpaired) electrons. The zero-order valence-corrected chi connectivity index (χ0v) is 14.6. The van der Waals surface area contributed by atoms with Crippen LogP contribution in [0.25, 0.3) is 10.6 Å². The summed E-state index contributed by atoms with van der Waals surface area (Å²) in [6.07, 6.45) is 4.41. The van der Waals surface area contributed by atoms with Crippen molar-refractivity contribution in [2.75, 3.05) is 39.4 Å². The number of pyridine rings is 1. The number of amides is 1. The van der Waals surface area contributed by atoms with Crippen LogP contribution in [0.1, 0.15) is 21.8 Å².